The van der Waals surface area contributed by atoms with Crippen molar-refractivity contribution in [3.8, 4) is 0 Å². The molecule has 1 amide bonds. The highest BCUT2D eigenvalue weighted by Crippen LogP contribution is 2.77. The fraction of sp³-hybridized carbons (Fsp3) is 0.875. The minimum absolute atomic E-state index is 0.00407. The zero-order chi connectivity index (χ0) is 26.3. The van der Waals surface area contributed by atoms with Gasteiger partial charge in [-0.3, -0.25) is 9.59 Å². The first-order valence-corrected chi connectivity index (χ1v) is 14.9. The second-order valence-electron chi connectivity index (χ2n) is 15.0. The molecule has 4 heteroatoms. The number of hydrogen-bond acceptors (Lipinski definition) is 3. The van der Waals surface area contributed by atoms with E-state index in [2.05, 4.69) is 53.4 Å². The number of hydrogen-bond donors (Lipinski definition) is 2. The topological polar surface area (TPSA) is 66.4 Å². The highest BCUT2D eigenvalue weighted by Gasteiger charge is 2.71. The van der Waals surface area contributed by atoms with Crippen molar-refractivity contribution in [2.75, 3.05) is 13.2 Å². The lowest BCUT2D eigenvalue weighted by Crippen LogP contribution is -2.67. The Balaban J connectivity index is 1.54. The number of nitrogens with one attached hydrogen (secondary N) is 1. The fourth-order valence-electron chi connectivity index (χ4n) is 11.7. The molecule has 5 aliphatic carbocycles. The summed E-state index contributed by atoms with van der Waals surface area (Å²) in [5.41, 5.74) is 1.36. The van der Waals surface area contributed by atoms with Gasteiger partial charge in [-0.2, -0.15) is 0 Å². The third-order valence-corrected chi connectivity index (χ3v) is 13.7. The Bertz CT molecular complexity index is 955. The SMILES string of the molecule is C=C(C)[C@@H]1CC[C@]2(C(=O)NCCO)CC[C@@]3(C)[C@H](CC[C@@H]4[C@@]5(C)CCC(=O)C(C)(C)[C@@H]5CC[C@]43C)[C@@H]12. The molecule has 202 valence electrons. The van der Waals surface area contributed by atoms with E-state index in [-0.39, 0.29) is 39.6 Å². The van der Waals surface area contributed by atoms with Gasteiger partial charge >= 0.3 is 0 Å². The van der Waals surface area contributed by atoms with Gasteiger partial charge in [-0.25, -0.2) is 0 Å². The molecule has 0 aromatic carbocycles. The minimum atomic E-state index is -0.313. The van der Waals surface area contributed by atoms with Crippen molar-refractivity contribution in [2.24, 2.45) is 56.7 Å². The zero-order valence-corrected chi connectivity index (χ0v) is 23.8. The van der Waals surface area contributed by atoms with Gasteiger partial charge in [0.05, 0.1) is 12.0 Å². The maximum absolute atomic E-state index is 13.7. The molecule has 4 nitrogen and oxygen atoms in total. The smallest absolute Gasteiger partial charge is 0.226 e. The van der Waals surface area contributed by atoms with Gasteiger partial charge < -0.3 is 10.4 Å². The Labute approximate surface area is 219 Å². The van der Waals surface area contributed by atoms with Crippen LogP contribution in [-0.2, 0) is 9.59 Å². The van der Waals surface area contributed by atoms with Crippen LogP contribution in [-0.4, -0.2) is 29.9 Å². The number of rotatable bonds is 4. The monoisotopic (exact) mass is 497 g/mol. The minimum Gasteiger partial charge on any atom is -0.395 e. The summed E-state index contributed by atoms with van der Waals surface area (Å²) in [6, 6.07) is 0. The lowest BCUT2D eigenvalue weighted by molar-refractivity contribution is -0.233. The van der Waals surface area contributed by atoms with Gasteiger partial charge in [0.2, 0.25) is 5.91 Å². The van der Waals surface area contributed by atoms with Crippen LogP contribution in [0.4, 0.5) is 0 Å². The summed E-state index contributed by atoms with van der Waals surface area (Å²) in [5.74, 6) is 3.05. The lowest BCUT2D eigenvalue weighted by Gasteiger charge is -2.72. The Kier molecular flexibility index (Phi) is 6.18. The molecule has 9 atom stereocenters. The van der Waals surface area contributed by atoms with Crippen LogP contribution in [0.1, 0.15) is 106 Å². The van der Waals surface area contributed by atoms with Gasteiger partial charge in [0.1, 0.15) is 5.78 Å². The molecule has 0 radical (unpaired) electrons. The van der Waals surface area contributed by atoms with Crippen LogP contribution >= 0.6 is 0 Å². The molecule has 5 rings (SSSR count). The van der Waals surface area contributed by atoms with E-state index in [1.54, 1.807) is 0 Å². The van der Waals surface area contributed by atoms with Gasteiger partial charge in [-0.1, -0.05) is 46.8 Å². The normalized spacial score (nSPS) is 49.3. The Morgan fingerprint density at radius 1 is 0.944 bits per heavy atom. The summed E-state index contributed by atoms with van der Waals surface area (Å²) in [5, 5.41) is 12.5. The molecule has 5 saturated carbocycles. The molecule has 0 aromatic heterocycles. The first-order chi connectivity index (χ1) is 16.8. The molecule has 2 N–H and O–H groups in total. The van der Waals surface area contributed by atoms with Gasteiger partial charge in [-0.05, 0) is 111 Å². The number of ketones is 1. The maximum Gasteiger partial charge on any atom is 0.226 e. The Hall–Kier alpha value is -1.16. The van der Waals surface area contributed by atoms with Crippen molar-refractivity contribution in [2.45, 2.75) is 106 Å². The quantitative estimate of drug-likeness (QED) is 0.447. The zero-order valence-electron chi connectivity index (χ0n) is 23.8. The van der Waals surface area contributed by atoms with E-state index in [0.29, 0.717) is 41.9 Å². The molecule has 0 heterocycles. The highest BCUT2D eigenvalue weighted by atomic mass is 16.3. The number of aliphatic hydroxyl groups is 1. The molecule has 0 aromatic rings. The molecule has 0 bridgehead atoms. The predicted molar refractivity (Wildman–Crippen MR) is 144 cm³/mol. The van der Waals surface area contributed by atoms with Crippen molar-refractivity contribution < 1.29 is 14.7 Å². The van der Waals surface area contributed by atoms with E-state index in [0.717, 1.165) is 44.9 Å². The van der Waals surface area contributed by atoms with Gasteiger partial charge in [0.25, 0.3) is 0 Å². The average molecular weight is 498 g/mol. The summed E-state index contributed by atoms with van der Waals surface area (Å²) < 4.78 is 0. The summed E-state index contributed by atoms with van der Waals surface area (Å²) in [6.45, 7) is 19.1. The van der Waals surface area contributed by atoms with E-state index < -0.39 is 0 Å². The number of Topliss-reactive ketones (excluding diaryl/α,β-unsaturated/α-hetero) is 1. The molecule has 0 saturated heterocycles. The predicted octanol–water partition coefficient (Wildman–Crippen LogP) is 6.32. The molecule has 36 heavy (non-hydrogen) atoms. The Morgan fingerprint density at radius 2 is 1.67 bits per heavy atom. The van der Waals surface area contributed by atoms with Crippen LogP contribution in [0, 0.1) is 56.7 Å². The van der Waals surface area contributed by atoms with Crippen LogP contribution in [0.3, 0.4) is 0 Å². The van der Waals surface area contributed by atoms with E-state index >= 15 is 0 Å². The van der Waals surface area contributed by atoms with Gasteiger partial charge in [0.15, 0.2) is 0 Å². The Morgan fingerprint density at radius 3 is 2.33 bits per heavy atom. The number of amides is 1. The van der Waals surface area contributed by atoms with Crippen molar-refractivity contribution in [3.05, 3.63) is 12.2 Å². The molecular formula is C32H51NO3. The van der Waals surface area contributed by atoms with Crippen LogP contribution in [0.25, 0.3) is 0 Å². The van der Waals surface area contributed by atoms with E-state index in [1.807, 2.05) is 0 Å². The number of fused-ring (bicyclic) bond motifs is 7. The van der Waals surface area contributed by atoms with Gasteiger partial charge in [0, 0.05) is 18.4 Å². The highest BCUT2D eigenvalue weighted by molar-refractivity contribution is 5.85. The van der Waals surface area contributed by atoms with E-state index in [4.69, 9.17) is 0 Å². The third-order valence-electron chi connectivity index (χ3n) is 13.7. The number of carbonyl (C=O) groups excluding carboxylic acids is 2. The summed E-state index contributed by atoms with van der Waals surface area (Å²) in [4.78, 5) is 26.7. The standard InChI is InChI=1S/C32H51NO3/c1-20(2)21-10-15-32(27(36)33-18-19-34)17-16-30(6)22(26(21)32)8-9-24-29(5)13-12-25(35)28(3,4)23(29)11-14-31(24,30)7/h21-24,26,34H,1,8-19H2,2-7H3,(H,33,36)/t21-,22+,23-,24+,26+,29-,30-,31+,32-/m0/s1. The van der Waals surface area contributed by atoms with Gasteiger partial charge in [-0.15, -0.1) is 0 Å². The molecule has 5 fully saturated rings. The van der Waals surface area contributed by atoms with Crippen molar-refractivity contribution in [1.29, 1.82) is 0 Å². The molecule has 0 unspecified atom stereocenters. The van der Waals surface area contributed by atoms with E-state index in [9.17, 15) is 14.7 Å². The second-order valence-corrected chi connectivity index (χ2v) is 15.0. The number of allylic oxidation sites excluding steroid dienone is 1. The maximum atomic E-state index is 13.7. The molecule has 0 spiro atoms. The van der Waals surface area contributed by atoms with Crippen LogP contribution < -0.4 is 5.32 Å². The molecule has 0 aliphatic heterocycles. The summed E-state index contributed by atoms with van der Waals surface area (Å²) in [6.07, 6.45) is 10.6. The molecular weight excluding hydrogens is 446 g/mol. The van der Waals surface area contributed by atoms with E-state index in [1.165, 1.54) is 24.8 Å². The lowest BCUT2D eigenvalue weighted by atomic mass is 9.32. The number of aliphatic hydroxyl groups excluding tert-OH is 1. The number of carbonyl (C=O) groups is 2. The second kappa shape index (κ2) is 8.42. The van der Waals surface area contributed by atoms with Crippen molar-refractivity contribution in [3.63, 3.8) is 0 Å². The van der Waals surface area contributed by atoms with Crippen LogP contribution in [0.5, 0.6) is 0 Å². The van der Waals surface area contributed by atoms with Crippen LogP contribution in [0.2, 0.25) is 0 Å². The first kappa shape index (κ1) is 26.4. The molecule has 5 aliphatic rings. The fourth-order valence-corrected chi connectivity index (χ4v) is 11.7. The largest absolute Gasteiger partial charge is 0.395 e. The third kappa shape index (κ3) is 3.21. The van der Waals surface area contributed by atoms with Crippen LogP contribution in [0.15, 0.2) is 12.2 Å². The summed E-state index contributed by atoms with van der Waals surface area (Å²) in [7, 11) is 0. The van der Waals surface area contributed by atoms with Crippen molar-refractivity contribution >= 4 is 11.7 Å². The van der Waals surface area contributed by atoms with Crippen molar-refractivity contribution in [1.82, 2.24) is 5.32 Å². The first-order valence-electron chi connectivity index (χ1n) is 14.9. The average Bonchev–Trinajstić information content (AvgIpc) is 3.22. The summed E-state index contributed by atoms with van der Waals surface area (Å²) >= 11 is 0.